The van der Waals surface area contributed by atoms with Gasteiger partial charge in [0.1, 0.15) is 0 Å². The van der Waals surface area contributed by atoms with Crippen molar-refractivity contribution < 1.29 is 9.59 Å². The number of carbonyl (C=O) groups is 2. The van der Waals surface area contributed by atoms with Gasteiger partial charge in [-0.15, -0.1) is 24.0 Å². The maximum Gasteiger partial charge on any atom is 0.230 e. The quantitative estimate of drug-likeness (QED) is 0.266. The highest BCUT2D eigenvalue weighted by molar-refractivity contribution is 14.0. The molecule has 1 aromatic carbocycles. The molecule has 0 saturated heterocycles. The molecule has 1 saturated carbocycles. The van der Waals surface area contributed by atoms with Gasteiger partial charge in [0.15, 0.2) is 5.96 Å². The van der Waals surface area contributed by atoms with Crippen LogP contribution in [0.3, 0.4) is 0 Å². The Morgan fingerprint density at radius 1 is 1.19 bits per heavy atom. The Balaban J connectivity index is 0.00000480. The van der Waals surface area contributed by atoms with Crippen LogP contribution in [0.25, 0.3) is 0 Å². The van der Waals surface area contributed by atoms with E-state index >= 15 is 0 Å². The van der Waals surface area contributed by atoms with Crippen LogP contribution in [0, 0.1) is 11.3 Å². The van der Waals surface area contributed by atoms with E-state index in [1.54, 1.807) is 11.9 Å². The average molecular weight is 543 g/mol. The fraction of sp³-hybridized carbons (Fsp3) is 0.609. The Morgan fingerprint density at radius 3 is 2.45 bits per heavy atom. The van der Waals surface area contributed by atoms with E-state index in [1.165, 1.54) is 0 Å². The molecule has 1 aliphatic rings. The van der Waals surface area contributed by atoms with Gasteiger partial charge in [0, 0.05) is 45.8 Å². The Labute approximate surface area is 203 Å². The zero-order valence-corrected chi connectivity index (χ0v) is 21.8. The van der Waals surface area contributed by atoms with Gasteiger partial charge in [-0.05, 0) is 37.0 Å². The van der Waals surface area contributed by atoms with Gasteiger partial charge in [0.25, 0.3) is 0 Å². The van der Waals surface area contributed by atoms with Crippen LogP contribution in [0.1, 0.15) is 51.5 Å². The highest BCUT2D eigenvalue weighted by Gasteiger charge is 2.42. The van der Waals surface area contributed by atoms with Crippen molar-refractivity contribution in [3.8, 4) is 0 Å². The van der Waals surface area contributed by atoms with Gasteiger partial charge >= 0.3 is 0 Å². The van der Waals surface area contributed by atoms with E-state index < -0.39 is 0 Å². The molecule has 31 heavy (non-hydrogen) atoms. The van der Waals surface area contributed by atoms with Crippen LogP contribution in [-0.4, -0.2) is 50.4 Å². The minimum Gasteiger partial charge on any atom is -0.355 e. The molecule has 1 aromatic rings. The monoisotopic (exact) mass is 543 g/mol. The highest BCUT2D eigenvalue weighted by Crippen LogP contribution is 2.38. The zero-order chi connectivity index (χ0) is 22.1. The molecule has 1 unspecified atom stereocenters. The number of hydrogen-bond donors (Lipinski definition) is 3. The minimum absolute atomic E-state index is 0. The third kappa shape index (κ3) is 7.66. The van der Waals surface area contributed by atoms with Crippen molar-refractivity contribution in [1.29, 1.82) is 0 Å². The second-order valence-corrected chi connectivity index (χ2v) is 8.47. The summed E-state index contributed by atoms with van der Waals surface area (Å²) in [5.74, 6) is 0.879. The maximum absolute atomic E-state index is 12.7. The van der Waals surface area contributed by atoms with Crippen LogP contribution in [-0.2, 0) is 16.1 Å². The molecule has 1 fully saturated rings. The lowest BCUT2D eigenvalue weighted by Crippen LogP contribution is -2.49. The second kappa shape index (κ2) is 12.9. The van der Waals surface area contributed by atoms with Gasteiger partial charge < -0.3 is 20.9 Å². The summed E-state index contributed by atoms with van der Waals surface area (Å²) in [5.41, 5.74) is 1.49. The first-order valence-electron chi connectivity index (χ1n) is 10.9. The van der Waals surface area contributed by atoms with Gasteiger partial charge in [-0.25, -0.2) is 0 Å². The lowest BCUT2D eigenvalue weighted by molar-refractivity contribution is -0.138. The SMILES string of the molecule is CCC(C)C(=O)Nc1cccc(CNC(=NC)NCC2(C(=O)N(C)C)CCCC2)c1.I. The molecule has 7 nitrogen and oxygen atoms in total. The summed E-state index contributed by atoms with van der Waals surface area (Å²) in [5, 5.41) is 9.63. The normalized spacial score (nSPS) is 16.1. The summed E-state index contributed by atoms with van der Waals surface area (Å²) in [6.45, 7) is 5.08. The summed E-state index contributed by atoms with van der Waals surface area (Å²) < 4.78 is 0. The molecule has 0 bridgehead atoms. The van der Waals surface area contributed by atoms with Gasteiger partial charge in [-0.3, -0.25) is 14.6 Å². The Hall–Kier alpha value is -1.84. The molecule has 3 N–H and O–H groups in total. The number of amides is 2. The summed E-state index contributed by atoms with van der Waals surface area (Å²) in [7, 11) is 5.37. The number of halogens is 1. The van der Waals surface area contributed by atoms with Gasteiger partial charge in [-0.2, -0.15) is 0 Å². The predicted octanol–water partition coefficient (Wildman–Crippen LogP) is 3.60. The fourth-order valence-corrected chi connectivity index (χ4v) is 3.86. The molecule has 1 atom stereocenters. The number of nitrogens with zero attached hydrogens (tertiary/aromatic N) is 2. The van der Waals surface area contributed by atoms with Crippen LogP contribution in [0.5, 0.6) is 0 Å². The number of carbonyl (C=O) groups excluding carboxylic acids is 2. The van der Waals surface area contributed by atoms with Crippen molar-refractivity contribution in [3.63, 3.8) is 0 Å². The van der Waals surface area contributed by atoms with Crippen LogP contribution in [0.2, 0.25) is 0 Å². The molecule has 8 heteroatoms. The van der Waals surface area contributed by atoms with Crippen LogP contribution in [0.4, 0.5) is 5.69 Å². The van der Waals surface area contributed by atoms with Crippen molar-refractivity contribution in [1.82, 2.24) is 15.5 Å². The number of aliphatic imine (C=N–C) groups is 1. The fourth-order valence-electron chi connectivity index (χ4n) is 3.86. The molecule has 2 rings (SSSR count). The first kappa shape index (κ1) is 27.2. The first-order valence-corrected chi connectivity index (χ1v) is 10.9. The third-order valence-corrected chi connectivity index (χ3v) is 5.95. The first-order chi connectivity index (χ1) is 14.3. The molecule has 0 heterocycles. The molecule has 0 aromatic heterocycles. The number of hydrogen-bond acceptors (Lipinski definition) is 3. The molecular weight excluding hydrogens is 505 g/mol. The van der Waals surface area contributed by atoms with Crippen molar-refractivity contribution in [2.75, 3.05) is 33.0 Å². The number of benzene rings is 1. The summed E-state index contributed by atoms with van der Waals surface area (Å²) >= 11 is 0. The number of guanidine groups is 1. The molecule has 1 aliphatic carbocycles. The summed E-state index contributed by atoms with van der Waals surface area (Å²) in [6.07, 6.45) is 4.80. The summed E-state index contributed by atoms with van der Waals surface area (Å²) in [4.78, 5) is 30.9. The molecule has 0 radical (unpaired) electrons. The average Bonchev–Trinajstić information content (AvgIpc) is 3.22. The number of nitrogens with one attached hydrogen (secondary N) is 3. The van der Waals surface area contributed by atoms with E-state index in [9.17, 15) is 9.59 Å². The lowest BCUT2D eigenvalue weighted by atomic mass is 9.84. The molecule has 0 aliphatic heterocycles. The second-order valence-electron chi connectivity index (χ2n) is 8.47. The smallest absolute Gasteiger partial charge is 0.230 e. The van der Waals surface area contributed by atoms with Gasteiger partial charge in [0.2, 0.25) is 11.8 Å². The van der Waals surface area contributed by atoms with E-state index in [0.717, 1.165) is 43.4 Å². The Kier molecular flexibility index (Phi) is 11.3. The van der Waals surface area contributed by atoms with Crippen molar-refractivity contribution >= 4 is 47.4 Å². The van der Waals surface area contributed by atoms with Crippen molar-refractivity contribution in [3.05, 3.63) is 29.8 Å². The van der Waals surface area contributed by atoms with E-state index in [2.05, 4.69) is 20.9 Å². The lowest BCUT2D eigenvalue weighted by Gasteiger charge is -2.31. The van der Waals surface area contributed by atoms with E-state index in [0.29, 0.717) is 19.0 Å². The highest BCUT2D eigenvalue weighted by atomic mass is 127. The molecular formula is C23H38IN5O2. The van der Waals surface area contributed by atoms with Crippen LogP contribution < -0.4 is 16.0 Å². The predicted molar refractivity (Wildman–Crippen MR) is 138 cm³/mol. The maximum atomic E-state index is 12.7. The van der Waals surface area contributed by atoms with Crippen molar-refractivity contribution in [2.24, 2.45) is 16.3 Å². The van der Waals surface area contributed by atoms with Crippen LogP contribution in [0.15, 0.2) is 29.3 Å². The van der Waals surface area contributed by atoms with Crippen molar-refractivity contribution in [2.45, 2.75) is 52.5 Å². The van der Waals surface area contributed by atoms with E-state index in [-0.39, 0.29) is 47.1 Å². The standard InChI is InChI=1S/C23H37N5O2.HI/c1-6-17(2)20(29)27-19-11-9-10-18(14-19)15-25-22(24-3)26-16-23(12-7-8-13-23)21(30)28(4)5;/h9-11,14,17H,6-8,12-13,15-16H2,1-5H3,(H,27,29)(H2,24,25,26);1H. The molecule has 0 spiro atoms. The van der Waals surface area contributed by atoms with E-state index in [1.807, 2.05) is 52.2 Å². The third-order valence-electron chi connectivity index (χ3n) is 5.95. The van der Waals surface area contributed by atoms with E-state index in [4.69, 9.17) is 0 Å². The number of rotatable bonds is 8. The molecule has 2 amide bonds. The molecule has 174 valence electrons. The van der Waals surface area contributed by atoms with Crippen LogP contribution >= 0.6 is 24.0 Å². The summed E-state index contributed by atoms with van der Waals surface area (Å²) in [6, 6.07) is 7.80. The number of anilines is 1. The minimum atomic E-state index is -0.346. The largest absolute Gasteiger partial charge is 0.355 e. The van der Waals surface area contributed by atoms with Gasteiger partial charge in [0.05, 0.1) is 5.41 Å². The zero-order valence-electron chi connectivity index (χ0n) is 19.5. The topological polar surface area (TPSA) is 85.8 Å². The Morgan fingerprint density at radius 2 is 1.87 bits per heavy atom. The van der Waals surface area contributed by atoms with Gasteiger partial charge in [-0.1, -0.05) is 38.8 Å². The Bertz CT molecular complexity index is 760.